The van der Waals surface area contributed by atoms with Crippen LogP contribution in [0.2, 0.25) is 0 Å². The fraction of sp³-hybridized carbons (Fsp3) is 0.421. The summed E-state index contributed by atoms with van der Waals surface area (Å²) in [6.45, 7) is 5.27. The van der Waals surface area contributed by atoms with Gasteiger partial charge in [-0.25, -0.2) is 4.98 Å². The van der Waals surface area contributed by atoms with Gasteiger partial charge < -0.3 is 5.11 Å². The average Bonchev–Trinajstić information content (AvgIpc) is 3.26. The lowest BCUT2D eigenvalue weighted by molar-refractivity contribution is 0.0506. The molecule has 1 saturated heterocycles. The SMILES string of the molecule is OCC[C@@H]1CN(Cc2nc3ccccc3s2)CCN1Cc1cccs1. The van der Waals surface area contributed by atoms with Gasteiger partial charge >= 0.3 is 0 Å². The molecule has 1 aromatic carbocycles. The maximum Gasteiger partial charge on any atom is 0.108 e. The predicted molar refractivity (Wildman–Crippen MR) is 105 cm³/mol. The van der Waals surface area contributed by atoms with E-state index in [1.54, 1.807) is 11.3 Å². The van der Waals surface area contributed by atoms with Crippen LogP contribution in [-0.2, 0) is 13.1 Å². The molecule has 3 heterocycles. The number of para-hydroxylation sites is 1. The quantitative estimate of drug-likeness (QED) is 0.719. The van der Waals surface area contributed by atoms with Gasteiger partial charge in [0.15, 0.2) is 0 Å². The number of hydrogen-bond acceptors (Lipinski definition) is 6. The van der Waals surface area contributed by atoms with Crippen LogP contribution in [0, 0.1) is 0 Å². The largest absolute Gasteiger partial charge is 0.396 e. The van der Waals surface area contributed by atoms with E-state index in [1.165, 1.54) is 14.6 Å². The Bertz CT molecular complexity index is 769. The Hall–Kier alpha value is -1.31. The van der Waals surface area contributed by atoms with E-state index < -0.39 is 0 Å². The Kier molecular flexibility index (Phi) is 5.43. The van der Waals surface area contributed by atoms with Gasteiger partial charge in [0.1, 0.15) is 5.01 Å². The summed E-state index contributed by atoms with van der Waals surface area (Å²) < 4.78 is 1.26. The summed E-state index contributed by atoms with van der Waals surface area (Å²) in [7, 11) is 0. The standard InChI is InChI=1S/C19H23N3OS2/c23-10-7-15-12-21(8-9-22(15)13-16-4-3-11-24-16)14-19-20-17-5-1-2-6-18(17)25-19/h1-6,11,15,23H,7-10,12-14H2/t15-/m1/s1. The molecule has 0 spiro atoms. The van der Waals surface area contributed by atoms with Crippen molar-refractivity contribution < 1.29 is 5.11 Å². The van der Waals surface area contributed by atoms with Crippen LogP contribution in [-0.4, -0.2) is 52.2 Å². The second-order valence-corrected chi connectivity index (χ2v) is 8.67. The Balaban J connectivity index is 1.42. The first-order valence-electron chi connectivity index (χ1n) is 8.76. The molecule has 4 nitrogen and oxygen atoms in total. The van der Waals surface area contributed by atoms with Crippen molar-refractivity contribution in [2.24, 2.45) is 0 Å². The second kappa shape index (κ2) is 7.93. The molecule has 0 amide bonds. The highest BCUT2D eigenvalue weighted by molar-refractivity contribution is 7.18. The van der Waals surface area contributed by atoms with Gasteiger partial charge in [0.25, 0.3) is 0 Å². The van der Waals surface area contributed by atoms with Gasteiger partial charge in [0.05, 0.1) is 16.8 Å². The van der Waals surface area contributed by atoms with Crippen LogP contribution in [0.1, 0.15) is 16.3 Å². The zero-order valence-corrected chi connectivity index (χ0v) is 15.8. The molecule has 25 heavy (non-hydrogen) atoms. The maximum absolute atomic E-state index is 9.48. The molecule has 3 aromatic rings. The van der Waals surface area contributed by atoms with Crippen molar-refractivity contribution >= 4 is 32.9 Å². The Labute approximate surface area is 156 Å². The van der Waals surface area contributed by atoms with Crippen LogP contribution in [0.3, 0.4) is 0 Å². The average molecular weight is 374 g/mol. The lowest BCUT2D eigenvalue weighted by Gasteiger charge is -2.41. The molecular weight excluding hydrogens is 350 g/mol. The third-order valence-corrected chi connectivity index (χ3v) is 6.67. The monoisotopic (exact) mass is 373 g/mol. The highest BCUT2D eigenvalue weighted by Crippen LogP contribution is 2.25. The molecule has 1 atom stereocenters. The molecule has 6 heteroatoms. The predicted octanol–water partition coefficient (Wildman–Crippen LogP) is 3.43. The van der Waals surface area contributed by atoms with Gasteiger partial charge in [-0.1, -0.05) is 18.2 Å². The number of aliphatic hydroxyl groups excluding tert-OH is 1. The Morgan fingerprint density at radius 1 is 1.12 bits per heavy atom. The molecule has 2 aromatic heterocycles. The molecular formula is C19H23N3OS2. The van der Waals surface area contributed by atoms with Gasteiger partial charge in [-0.3, -0.25) is 9.80 Å². The van der Waals surface area contributed by atoms with E-state index in [-0.39, 0.29) is 6.61 Å². The zero-order valence-electron chi connectivity index (χ0n) is 14.2. The number of fused-ring (bicyclic) bond motifs is 1. The molecule has 0 bridgehead atoms. The van der Waals surface area contributed by atoms with Crippen LogP contribution in [0.4, 0.5) is 0 Å². The third-order valence-electron chi connectivity index (χ3n) is 4.79. The van der Waals surface area contributed by atoms with Crippen molar-refractivity contribution in [3.8, 4) is 0 Å². The molecule has 132 valence electrons. The van der Waals surface area contributed by atoms with Crippen molar-refractivity contribution in [3.05, 3.63) is 51.7 Å². The first kappa shape index (κ1) is 17.1. The van der Waals surface area contributed by atoms with Gasteiger partial charge in [0.2, 0.25) is 0 Å². The fourth-order valence-corrected chi connectivity index (χ4v) is 5.25. The molecule has 0 aliphatic carbocycles. The lowest BCUT2D eigenvalue weighted by Crippen LogP contribution is -2.52. The molecule has 0 unspecified atom stereocenters. The van der Waals surface area contributed by atoms with Crippen molar-refractivity contribution in [1.29, 1.82) is 0 Å². The zero-order chi connectivity index (χ0) is 17.1. The van der Waals surface area contributed by atoms with Gasteiger partial charge in [-0.2, -0.15) is 0 Å². The van der Waals surface area contributed by atoms with E-state index >= 15 is 0 Å². The number of aliphatic hydroxyl groups is 1. The number of thiazole rings is 1. The number of thiophene rings is 1. The van der Waals surface area contributed by atoms with Crippen molar-refractivity contribution in [1.82, 2.24) is 14.8 Å². The second-order valence-electron chi connectivity index (χ2n) is 6.53. The third kappa shape index (κ3) is 4.10. The molecule has 0 radical (unpaired) electrons. The van der Waals surface area contributed by atoms with Crippen molar-refractivity contribution in [3.63, 3.8) is 0 Å². The van der Waals surface area contributed by atoms with E-state index in [4.69, 9.17) is 4.98 Å². The first-order chi connectivity index (χ1) is 12.3. The summed E-state index contributed by atoms with van der Waals surface area (Å²) in [5.41, 5.74) is 1.10. The van der Waals surface area contributed by atoms with E-state index in [2.05, 4.69) is 45.5 Å². The number of aromatic nitrogens is 1. The molecule has 1 fully saturated rings. The van der Waals surface area contributed by atoms with Gasteiger partial charge in [0, 0.05) is 43.7 Å². The molecule has 1 N–H and O–H groups in total. The molecule has 1 aliphatic heterocycles. The molecule has 1 aliphatic rings. The summed E-state index contributed by atoms with van der Waals surface area (Å²) in [5, 5.41) is 12.8. The Morgan fingerprint density at radius 2 is 2.04 bits per heavy atom. The summed E-state index contributed by atoms with van der Waals surface area (Å²) in [4.78, 5) is 11.2. The number of nitrogens with zero attached hydrogens (tertiary/aromatic N) is 3. The summed E-state index contributed by atoms with van der Waals surface area (Å²) in [6, 6.07) is 13.1. The summed E-state index contributed by atoms with van der Waals surface area (Å²) in [5.74, 6) is 0. The highest BCUT2D eigenvalue weighted by Gasteiger charge is 2.27. The van der Waals surface area contributed by atoms with E-state index in [1.807, 2.05) is 17.4 Å². The van der Waals surface area contributed by atoms with Crippen LogP contribution < -0.4 is 0 Å². The van der Waals surface area contributed by atoms with Crippen molar-refractivity contribution in [2.75, 3.05) is 26.2 Å². The first-order valence-corrected chi connectivity index (χ1v) is 10.5. The van der Waals surface area contributed by atoms with Crippen molar-refractivity contribution in [2.45, 2.75) is 25.6 Å². The summed E-state index contributed by atoms with van der Waals surface area (Å²) >= 11 is 3.61. The van der Waals surface area contributed by atoms with E-state index in [9.17, 15) is 5.11 Å². The topological polar surface area (TPSA) is 39.6 Å². The van der Waals surface area contributed by atoms with Crippen LogP contribution in [0.15, 0.2) is 41.8 Å². The number of rotatable bonds is 6. The minimum atomic E-state index is 0.251. The fourth-order valence-electron chi connectivity index (χ4n) is 3.51. The number of benzene rings is 1. The number of hydrogen-bond donors (Lipinski definition) is 1. The minimum absolute atomic E-state index is 0.251. The maximum atomic E-state index is 9.48. The number of piperazine rings is 1. The highest BCUT2D eigenvalue weighted by atomic mass is 32.1. The van der Waals surface area contributed by atoms with Crippen LogP contribution in [0.5, 0.6) is 0 Å². The van der Waals surface area contributed by atoms with Crippen LogP contribution in [0.25, 0.3) is 10.2 Å². The molecule has 4 rings (SSSR count). The lowest BCUT2D eigenvalue weighted by atomic mass is 10.1. The normalized spacial score (nSPS) is 19.6. The smallest absolute Gasteiger partial charge is 0.108 e. The van der Waals surface area contributed by atoms with E-state index in [0.29, 0.717) is 6.04 Å². The van der Waals surface area contributed by atoms with Gasteiger partial charge in [-0.05, 0) is 30.0 Å². The molecule has 0 saturated carbocycles. The van der Waals surface area contributed by atoms with E-state index in [0.717, 1.165) is 44.7 Å². The van der Waals surface area contributed by atoms with Crippen LogP contribution >= 0.6 is 22.7 Å². The Morgan fingerprint density at radius 3 is 2.84 bits per heavy atom. The minimum Gasteiger partial charge on any atom is -0.396 e. The summed E-state index contributed by atoms with van der Waals surface area (Å²) in [6.07, 6.45) is 0.835. The van der Waals surface area contributed by atoms with Gasteiger partial charge in [-0.15, -0.1) is 22.7 Å².